The SMILES string of the molecule is Cc1cccc(C(CCCC#N)c2cnc(-c3cc(Oc4c(F)cc5[nH]ccc5c4CCCN)ccc3F)[nH]2)c1. The second-order valence-corrected chi connectivity index (χ2v) is 9.95. The molecular weight excluding hydrogens is 508 g/mol. The van der Waals surface area contributed by atoms with Gasteiger partial charge in [0.2, 0.25) is 0 Å². The van der Waals surface area contributed by atoms with Gasteiger partial charge in [-0.25, -0.2) is 13.8 Å². The summed E-state index contributed by atoms with van der Waals surface area (Å²) < 4.78 is 36.3. The van der Waals surface area contributed by atoms with Crippen LogP contribution in [0.15, 0.2) is 67.0 Å². The average molecular weight is 540 g/mol. The fourth-order valence-electron chi connectivity index (χ4n) is 5.15. The van der Waals surface area contributed by atoms with E-state index in [4.69, 9.17) is 15.7 Å². The van der Waals surface area contributed by atoms with E-state index in [2.05, 4.69) is 33.2 Å². The van der Waals surface area contributed by atoms with E-state index in [0.29, 0.717) is 48.5 Å². The molecule has 0 aliphatic rings. The van der Waals surface area contributed by atoms with E-state index in [1.165, 1.54) is 24.3 Å². The standard InChI is InChI=1S/C32H31F2N5O/c1-20-6-4-7-21(16-20)23(8-2-3-13-35)30-19-38-32(39-30)26-17-22(10-11-27(26)33)40-31-25(9-5-14-36)24-12-15-37-29(24)18-28(31)34/h4,6-7,10-12,15-19,23,37H,2-3,5,8-9,14,36H2,1H3,(H,38,39). The second kappa shape index (κ2) is 12.1. The van der Waals surface area contributed by atoms with E-state index >= 15 is 8.78 Å². The number of aromatic amines is 2. The first-order valence-corrected chi connectivity index (χ1v) is 13.4. The molecule has 0 spiro atoms. The van der Waals surface area contributed by atoms with Crippen LogP contribution in [0, 0.1) is 29.9 Å². The fourth-order valence-corrected chi connectivity index (χ4v) is 5.15. The molecule has 1 unspecified atom stereocenters. The van der Waals surface area contributed by atoms with Crippen molar-refractivity contribution in [3.05, 3.63) is 101 Å². The molecule has 0 aliphatic carbocycles. The Morgan fingerprint density at radius 2 is 1.95 bits per heavy atom. The predicted molar refractivity (Wildman–Crippen MR) is 152 cm³/mol. The van der Waals surface area contributed by atoms with Crippen LogP contribution in [-0.2, 0) is 6.42 Å². The van der Waals surface area contributed by atoms with Gasteiger partial charge in [0.05, 0.1) is 11.6 Å². The molecule has 2 heterocycles. The van der Waals surface area contributed by atoms with Gasteiger partial charge >= 0.3 is 0 Å². The minimum Gasteiger partial charge on any atom is -0.454 e. The smallest absolute Gasteiger partial charge is 0.168 e. The summed E-state index contributed by atoms with van der Waals surface area (Å²) in [5.41, 5.74) is 10.4. The summed E-state index contributed by atoms with van der Waals surface area (Å²) in [6, 6.07) is 18.0. The molecule has 0 radical (unpaired) electrons. The Balaban J connectivity index is 1.48. The van der Waals surface area contributed by atoms with Crippen molar-refractivity contribution in [1.29, 1.82) is 5.26 Å². The molecule has 5 rings (SSSR count). The zero-order valence-electron chi connectivity index (χ0n) is 22.3. The highest BCUT2D eigenvalue weighted by Crippen LogP contribution is 2.37. The summed E-state index contributed by atoms with van der Waals surface area (Å²) in [7, 11) is 0. The maximum absolute atomic E-state index is 15.2. The van der Waals surface area contributed by atoms with E-state index < -0.39 is 11.6 Å². The molecule has 1 atom stereocenters. The lowest BCUT2D eigenvalue weighted by molar-refractivity contribution is 0.436. The molecule has 0 amide bonds. The number of H-pyrrole nitrogens is 2. The summed E-state index contributed by atoms with van der Waals surface area (Å²) >= 11 is 0. The number of nitrogens with one attached hydrogen (secondary N) is 2. The zero-order valence-corrected chi connectivity index (χ0v) is 22.3. The molecule has 8 heteroatoms. The molecular formula is C32H31F2N5O. The van der Waals surface area contributed by atoms with E-state index in [0.717, 1.165) is 35.0 Å². The summed E-state index contributed by atoms with van der Waals surface area (Å²) in [5, 5.41) is 9.91. The third-order valence-electron chi connectivity index (χ3n) is 7.11. The number of rotatable bonds is 11. The predicted octanol–water partition coefficient (Wildman–Crippen LogP) is 7.65. The van der Waals surface area contributed by atoms with Gasteiger partial charge in [-0.2, -0.15) is 5.26 Å². The molecule has 204 valence electrons. The Labute approximate surface area is 231 Å². The lowest BCUT2D eigenvalue weighted by Crippen LogP contribution is -2.03. The van der Waals surface area contributed by atoms with Crippen LogP contribution in [0.4, 0.5) is 8.78 Å². The van der Waals surface area contributed by atoms with Crippen molar-refractivity contribution in [3.63, 3.8) is 0 Å². The molecule has 5 aromatic rings. The minimum atomic E-state index is -0.508. The Kier molecular flexibility index (Phi) is 8.23. The van der Waals surface area contributed by atoms with Gasteiger partial charge in [-0.05, 0) is 69.0 Å². The molecule has 0 saturated heterocycles. The number of nitrogens with zero attached hydrogens (tertiary/aromatic N) is 2. The maximum Gasteiger partial charge on any atom is 0.168 e. The number of aryl methyl sites for hydroxylation is 2. The third-order valence-corrected chi connectivity index (χ3v) is 7.11. The van der Waals surface area contributed by atoms with Gasteiger partial charge in [0.1, 0.15) is 17.4 Å². The number of aromatic nitrogens is 3. The molecule has 0 bridgehead atoms. The first kappa shape index (κ1) is 27.1. The lowest BCUT2D eigenvalue weighted by Gasteiger charge is -2.16. The molecule has 3 aromatic carbocycles. The molecule has 0 fully saturated rings. The minimum absolute atomic E-state index is 0.0238. The van der Waals surface area contributed by atoms with Gasteiger partial charge in [-0.15, -0.1) is 0 Å². The van der Waals surface area contributed by atoms with Gasteiger partial charge in [-0.3, -0.25) is 0 Å². The largest absolute Gasteiger partial charge is 0.454 e. The van der Waals surface area contributed by atoms with Crippen LogP contribution in [0.5, 0.6) is 11.5 Å². The van der Waals surface area contributed by atoms with Crippen LogP contribution in [-0.4, -0.2) is 21.5 Å². The number of nitrogens with two attached hydrogens (primary N) is 1. The molecule has 2 aromatic heterocycles. The quantitative estimate of drug-likeness (QED) is 0.150. The Bertz CT molecular complexity index is 1670. The number of nitriles is 1. The number of ether oxygens (including phenoxy) is 1. The summed E-state index contributed by atoms with van der Waals surface area (Å²) in [6.45, 7) is 2.50. The maximum atomic E-state index is 15.2. The Hall–Kier alpha value is -4.48. The van der Waals surface area contributed by atoms with Crippen LogP contribution < -0.4 is 10.5 Å². The van der Waals surface area contributed by atoms with Crippen LogP contribution in [0.25, 0.3) is 22.3 Å². The van der Waals surface area contributed by atoms with Crippen molar-refractivity contribution >= 4 is 10.9 Å². The second-order valence-electron chi connectivity index (χ2n) is 9.95. The van der Waals surface area contributed by atoms with Crippen molar-refractivity contribution in [1.82, 2.24) is 15.0 Å². The monoisotopic (exact) mass is 539 g/mol. The van der Waals surface area contributed by atoms with Crippen LogP contribution in [0.1, 0.15) is 54.0 Å². The summed E-state index contributed by atoms with van der Waals surface area (Å²) in [5.74, 6) is -0.261. The van der Waals surface area contributed by atoms with Crippen LogP contribution in [0.2, 0.25) is 0 Å². The topological polar surface area (TPSA) is 104 Å². The molecule has 4 N–H and O–H groups in total. The number of hydrogen-bond donors (Lipinski definition) is 3. The number of imidazole rings is 1. The van der Waals surface area contributed by atoms with E-state index in [1.54, 1.807) is 12.4 Å². The molecule has 0 saturated carbocycles. The molecule has 6 nitrogen and oxygen atoms in total. The molecule has 40 heavy (non-hydrogen) atoms. The highest BCUT2D eigenvalue weighted by atomic mass is 19.1. The fraction of sp³-hybridized carbons (Fsp3) is 0.250. The average Bonchev–Trinajstić information content (AvgIpc) is 3.62. The van der Waals surface area contributed by atoms with Crippen molar-refractivity contribution in [2.45, 2.75) is 44.9 Å². The summed E-state index contributed by atoms with van der Waals surface area (Å²) in [6.07, 6.45) is 6.61. The van der Waals surface area contributed by atoms with Gasteiger partial charge in [0.15, 0.2) is 11.6 Å². The van der Waals surface area contributed by atoms with E-state index in [9.17, 15) is 0 Å². The highest BCUT2D eigenvalue weighted by molar-refractivity contribution is 5.85. The number of fused-ring (bicyclic) bond motifs is 1. The normalized spacial score (nSPS) is 12.0. The number of hydrogen-bond acceptors (Lipinski definition) is 4. The van der Waals surface area contributed by atoms with Crippen molar-refractivity contribution in [2.24, 2.45) is 5.73 Å². The molecule has 0 aliphatic heterocycles. The van der Waals surface area contributed by atoms with Gasteiger partial charge in [0.25, 0.3) is 0 Å². The van der Waals surface area contributed by atoms with Crippen LogP contribution >= 0.6 is 0 Å². The van der Waals surface area contributed by atoms with E-state index in [1.807, 2.05) is 25.1 Å². The number of halogens is 2. The lowest BCUT2D eigenvalue weighted by atomic mass is 9.90. The summed E-state index contributed by atoms with van der Waals surface area (Å²) in [4.78, 5) is 10.8. The van der Waals surface area contributed by atoms with E-state index in [-0.39, 0.29) is 17.2 Å². The van der Waals surface area contributed by atoms with Gasteiger partial charge in [0, 0.05) is 53.0 Å². The van der Waals surface area contributed by atoms with Gasteiger partial charge < -0.3 is 20.4 Å². The Morgan fingerprint density at radius 1 is 1.07 bits per heavy atom. The van der Waals surface area contributed by atoms with Gasteiger partial charge in [-0.1, -0.05) is 29.8 Å². The van der Waals surface area contributed by atoms with Crippen molar-refractivity contribution in [2.75, 3.05) is 6.54 Å². The first-order valence-electron chi connectivity index (χ1n) is 13.4. The number of unbranched alkanes of at least 4 members (excludes halogenated alkanes) is 1. The first-order chi connectivity index (χ1) is 19.5. The Morgan fingerprint density at radius 3 is 2.75 bits per heavy atom. The zero-order chi connectivity index (χ0) is 28.1. The van der Waals surface area contributed by atoms with Crippen molar-refractivity contribution in [3.8, 4) is 29.0 Å². The number of benzene rings is 3. The van der Waals surface area contributed by atoms with Crippen molar-refractivity contribution < 1.29 is 13.5 Å². The third kappa shape index (κ3) is 5.75. The highest BCUT2D eigenvalue weighted by Gasteiger charge is 2.21. The van der Waals surface area contributed by atoms with Crippen LogP contribution in [0.3, 0.4) is 0 Å².